The van der Waals surface area contributed by atoms with Gasteiger partial charge in [0.1, 0.15) is 6.26 Å². The van der Waals surface area contributed by atoms with E-state index in [4.69, 9.17) is 14.3 Å². The van der Waals surface area contributed by atoms with Crippen molar-refractivity contribution in [3.8, 4) is 0 Å². The largest absolute Gasteiger partial charge is 0.375 e. The Kier molecular flexibility index (Phi) is 7.68. The van der Waals surface area contributed by atoms with Gasteiger partial charge in [-0.3, -0.25) is 9.89 Å². The first-order valence-electron chi connectivity index (χ1n) is 9.61. The smallest absolute Gasteiger partial charge is 0.194 e. The van der Waals surface area contributed by atoms with Gasteiger partial charge in [0.25, 0.3) is 0 Å². The first-order chi connectivity index (χ1) is 13.3. The molecule has 1 aliphatic heterocycles. The van der Waals surface area contributed by atoms with Crippen molar-refractivity contribution in [2.45, 2.75) is 20.1 Å². The van der Waals surface area contributed by atoms with E-state index in [0.29, 0.717) is 19.8 Å². The average molecular weight is 371 g/mol. The molecule has 0 atom stereocenters. The Morgan fingerprint density at radius 3 is 2.70 bits per heavy atom. The molecule has 2 aromatic rings. The molecule has 1 aliphatic rings. The summed E-state index contributed by atoms with van der Waals surface area (Å²) in [5.41, 5.74) is 2.18. The minimum Gasteiger partial charge on any atom is -0.375 e. The van der Waals surface area contributed by atoms with Crippen LogP contribution in [0.15, 0.2) is 52.2 Å². The minimum absolute atomic E-state index is 0.621. The molecule has 0 unspecified atom stereocenters. The second-order valence-electron chi connectivity index (χ2n) is 6.53. The molecule has 27 heavy (non-hydrogen) atoms. The molecular formula is C20H29N5O2. The summed E-state index contributed by atoms with van der Waals surface area (Å²) >= 11 is 0. The van der Waals surface area contributed by atoms with Gasteiger partial charge in [-0.15, -0.1) is 0 Å². The van der Waals surface area contributed by atoms with Crippen LogP contribution in [-0.4, -0.2) is 66.8 Å². The van der Waals surface area contributed by atoms with Crippen molar-refractivity contribution in [1.82, 2.24) is 20.3 Å². The highest BCUT2D eigenvalue weighted by molar-refractivity contribution is 5.80. The maximum atomic E-state index is 5.73. The van der Waals surface area contributed by atoms with E-state index < -0.39 is 0 Å². The summed E-state index contributed by atoms with van der Waals surface area (Å²) in [5, 5.41) is 7.39. The van der Waals surface area contributed by atoms with E-state index in [-0.39, 0.29) is 0 Å². The lowest BCUT2D eigenvalue weighted by Crippen LogP contribution is -2.52. The van der Waals surface area contributed by atoms with E-state index in [9.17, 15) is 0 Å². The highest BCUT2D eigenvalue weighted by Gasteiger charge is 2.20. The molecule has 1 aromatic heterocycles. The Morgan fingerprint density at radius 1 is 1.19 bits per heavy atom. The second-order valence-corrected chi connectivity index (χ2v) is 6.53. The first-order valence-corrected chi connectivity index (χ1v) is 9.61. The molecule has 1 aromatic carbocycles. The van der Waals surface area contributed by atoms with Crippen LogP contribution in [-0.2, 0) is 17.9 Å². The van der Waals surface area contributed by atoms with Crippen LogP contribution in [0.3, 0.4) is 0 Å². The van der Waals surface area contributed by atoms with Crippen LogP contribution in [0.25, 0.3) is 0 Å². The van der Waals surface area contributed by atoms with E-state index in [2.05, 4.69) is 39.3 Å². The lowest BCUT2D eigenvalue weighted by molar-refractivity contribution is 0.127. The zero-order valence-electron chi connectivity index (χ0n) is 16.0. The molecule has 0 amide bonds. The Labute approximate surface area is 161 Å². The topological polar surface area (TPSA) is 66.1 Å². The van der Waals surface area contributed by atoms with Crippen LogP contribution in [0.5, 0.6) is 0 Å². The first kappa shape index (κ1) is 19.4. The molecule has 7 nitrogen and oxygen atoms in total. The van der Waals surface area contributed by atoms with E-state index >= 15 is 0 Å². The number of nitrogens with zero attached hydrogens (tertiary/aromatic N) is 4. The molecule has 0 bridgehead atoms. The van der Waals surface area contributed by atoms with Crippen molar-refractivity contribution < 1.29 is 9.26 Å². The maximum absolute atomic E-state index is 5.73. The Balaban J connectivity index is 1.40. The summed E-state index contributed by atoms with van der Waals surface area (Å²) < 4.78 is 10.6. The number of guanidine groups is 1. The molecule has 146 valence electrons. The van der Waals surface area contributed by atoms with Crippen molar-refractivity contribution in [1.29, 1.82) is 0 Å². The van der Waals surface area contributed by atoms with Gasteiger partial charge in [0.05, 0.1) is 25.5 Å². The molecule has 0 saturated carbocycles. The highest BCUT2D eigenvalue weighted by Crippen LogP contribution is 2.07. The maximum Gasteiger partial charge on any atom is 0.194 e. The number of nitrogens with one attached hydrogen (secondary N) is 1. The summed E-state index contributed by atoms with van der Waals surface area (Å²) in [5.74, 6) is 0.974. The number of hydrogen-bond donors (Lipinski definition) is 1. The predicted octanol–water partition coefficient (Wildman–Crippen LogP) is 1.97. The van der Waals surface area contributed by atoms with Crippen LogP contribution in [0, 0.1) is 0 Å². The van der Waals surface area contributed by atoms with Gasteiger partial charge in [-0.05, 0) is 12.5 Å². The summed E-state index contributed by atoms with van der Waals surface area (Å²) in [7, 11) is 0. The summed E-state index contributed by atoms with van der Waals surface area (Å²) in [4.78, 5) is 9.44. The lowest BCUT2D eigenvalue weighted by Gasteiger charge is -2.36. The lowest BCUT2D eigenvalue weighted by atomic mass is 10.2. The molecular weight excluding hydrogens is 342 g/mol. The highest BCUT2D eigenvalue weighted by atomic mass is 16.5. The fourth-order valence-corrected chi connectivity index (χ4v) is 3.07. The van der Waals surface area contributed by atoms with Crippen molar-refractivity contribution >= 4 is 5.96 Å². The zero-order chi connectivity index (χ0) is 18.7. The van der Waals surface area contributed by atoms with Gasteiger partial charge in [0.15, 0.2) is 5.96 Å². The quantitative estimate of drug-likeness (QED) is 0.435. The number of aromatic nitrogens is 1. The third-order valence-electron chi connectivity index (χ3n) is 4.49. The molecule has 1 fully saturated rings. The number of piperazine rings is 1. The van der Waals surface area contributed by atoms with Gasteiger partial charge in [-0.1, -0.05) is 35.5 Å². The van der Waals surface area contributed by atoms with Gasteiger partial charge in [0.2, 0.25) is 0 Å². The van der Waals surface area contributed by atoms with Crippen molar-refractivity contribution in [3.63, 3.8) is 0 Å². The van der Waals surface area contributed by atoms with Crippen LogP contribution in [0.2, 0.25) is 0 Å². The number of aliphatic imine (C=N–C) groups is 1. The van der Waals surface area contributed by atoms with Crippen molar-refractivity contribution in [2.75, 3.05) is 45.9 Å². The Bertz CT molecular complexity index is 667. The molecule has 0 spiro atoms. The average Bonchev–Trinajstić information content (AvgIpc) is 3.21. The number of benzene rings is 1. The summed E-state index contributed by atoms with van der Waals surface area (Å²) in [6.07, 6.45) is 1.63. The van der Waals surface area contributed by atoms with Crippen LogP contribution < -0.4 is 5.32 Å². The van der Waals surface area contributed by atoms with Gasteiger partial charge in [0, 0.05) is 45.3 Å². The SMILES string of the molecule is CCNC(=NCCOCc1ccccc1)N1CCN(Cc2ccon2)CC1. The standard InChI is InChI=1S/C20H29N5O2/c1-2-21-20(22-9-15-26-17-18-6-4-3-5-7-18)25-12-10-24(11-13-25)16-19-8-14-27-23-19/h3-8,14H,2,9-13,15-17H2,1H3,(H,21,22). The van der Waals surface area contributed by atoms with Gasteiger partial charge < -0.3 is 19.5 Å². The third kappa shape index (κ3) is 6.37. The second kappa shape index (κ2) is 10.7. The monoisotopic (exact) mass is 371 g/mol. The van der Waals surface area contributed by atoms with Crippen LogP contribution in [0.1, 0.15) is 18.2 Å². The van der Waals surface area contributed by atoms with E-state index in [1.165, 1.54) is 5.56 Å². The summed E-state index contributed by atoms with van der Waals surface area (Å²) in [6, 6.07) is 12.2. The van der Waals surface area contributed by atoms with E-state index in [1.807, 2.05) is 24.3 Å². The molecule has 1 N–H and O–H groups in total. The van der Waals surface area contributed by atoms with Gasteiger partial charge in [-0.2, -0.15) is 0 Å². The third-order valence-corrected chi connectivity index (χ3v) is 4.49. The van der Waals surface area contributed by atoms with Gasteiger partial charge >= 0.3 is 0 Å². The van der Waals surface area contributed by atoms with E-state index in [0.717, 1.165) is 50.9 Å². The predicted molar refractivity (Wildman–Crippen MR) is 105 cm³/mol. The molecule has 7 heteroatoms. The molecule has 2 heterocycles. The normalized spacial score (nSPS) is 15.9. The van der Waals surface area contributed by atoms with E-state index in [1.54, 1.807) is 6.26 Å². The van der Waals surface area contributed by atoms with Crippen molar-refractivity contribution in [2.24, 2.45) is 4.99 Å². The molecule has 0 radical (unpaired) electrons. The Morgan fingerprint density at radius 2 is 2.00 bits per heavy atom. The van der Waals surface area contributed by atoms with Gasteiger partial charge in [-0.25, -0.2) is 0 Å². The molecule has 3 rings (SSSR count). The van der Waals surface area contributed by atoms with Crippen LogP contribution >= 0.6 is 0 Å². The fourth-order valence-electron chi connectivity index (χ4n) is 3.07. The minimum atomic E-state index is 0.621. The molecule has 1 saturated heterocycles. The summed E-state index contributed by atoms with van der Waals surface area (Å²) in [6.45, 7) is 9.60. The fraction of sp³-hybridized carbons (Fsp3) is 0.500. The Hall–Kier alpha value is -2.38. The number of ether oxygens (including phenoxy) is 1. The van der Waals surface area contributed by atoms with Crippen LogP contribution in [0.4, 0.5) is 0 Å². The number of hydrogen-bond acceptors (Lipinski definition) is 5. The number of rotatable bonds is 8. The van der Waals surface area contributed by atoms with Crippen molar-refractivity contribution in [3.05, 3.63) is 53.9 Å². The molecule has 0 aliphatic carbocycles. The zero-order valence-corrected chi connectivity index (χ0v) is 16.0.